The zero-order valence-electron chi connectivity index (χ0n) is 4.60. The third-order valence-electron chi connectivity index (χ3n) is 0. The zero-order chi connectivity index (χ0) is 10.9. The molecule has 12 heteroatoms. The van der Waals surface area contributed by atoms with E-state index in [-0.39, 0.29) is 0 Å². The van der Waals surface area contributed by atoms with Gasteiger partial charge in [-0.2, -0.15) is 0 Å². The maximum Gasteiger partial charge on any atom is 0.431 e. The van der Waals surface area contributed by atoms with Crippen LogP contribution in [-0.4, -0.2) is 0 Å². The van der Waals surface area contributed by atoms with E-state index in [0.717, 1.165) is 0 Å². The van der Waals surface area contributed by atoms with Crippen molar-refractivity contribution in [2.75, 3.05) is 0 Å². The summed E-state index contributed by atoms with van der Waals surface area (Å²) in [5.41, 5.74) is 0. The third kappa shape index (κ3) is 65699999999999998787781760292749312. The van der Waals surface area contributed by atoms with Gasteiger partial charge in [-0.1, -0.05) is 38.9 Å². The molecule has 0 unspecified atom stereocenters. The van der Waals surface area contributed by atoms with Crippen LogP contribution in [0.25, 0.3) is 0 Å². The van der Waals surface area contributed by atoms with Gasteiger partial charge in [0.05, 0.1) is 0 Å². The minimum atomic E-state index is -10.5. The Kier molecular flexibility index (Phi) is 3.02. The van der Waals surface area contributed by atoms with Crippen molar-refractivity contribution in [2.24, 2.45) is 0 Å². The van der Waals surface area contributed by atoms with Gasteiger partial charge in [0.1, 0.15) is 0 Å². The van der Waals surface area contributed by atoms with Gasteiger partial charge in [0.15, 0.2) is 0 Å². The molecule has 0 atom stereocenters. The Morgan fingerprint density at radius 3 is 0.583 bits per heavy atom. The highest BCUT2D eigenvalue weighted by atomic mass is 32.5. The van der Waals surface area contributed by atoms with Gasteiger partial charge >= 0.3 is 22.2 Å². The quantitative estimate of drug-likeness (QED) is 0.501. The first-order valence-corrected chi connectivity index (χ1v) is 4.63. The number of hydrogen-bond donors (Lipinski definition) is 0. The van der Waals surface area contributed by atoms with E-state index in [1.807, 2.05) is 0 Å². The highest BCUT2D eigenvalue weighted by Crippen LogP contribution is 2.99. The molecule has 0 saturated carbocycles. The molecule has 12 heavy (non-hydrogen) atoms. The van der Waals surface area contributed by atoms with Gasteiger partial charge in [0.2, 0.25) is 0 Å². The summed E-state index contributed by atoms with van der Waals surface area (Å²) in [6.45, 7) is 0. The van der Waals surface area contributed by atoms with E-state index < -0.39 is 22.2 Å². The summed E-state index contributed by atoms with van der Waals surface area (Å²) in [6.07, 6.45) is 0. The van der Waals surface area contributed by atoms with Crippen LogP contribution < -0.4 is 0 Å². The van der Waals surface area contributed by atoms with Crippen LogP contribution in [0.2, 0.25) is 0 Å². The van der Waals surface area contributed by atoms with Crippen molar-refractivity contribution in [3.8, 4) is 0 Å². The van der Waals surface area contributed by atoms with E-state index in [4.69, 9.17) is 0 Å². The molecule has 0 saturated heterocycles. The maximum atomic E-state index is 9.85. The van der Waals surface area contributed by atoms with Crippen molar-refractivity contribution in [1.82, 2.24) is 0 Å². The second-order valence-electron chi connectivity index (χ2n) is 1.22. The monoisotopic (exact) mass is 254 g/mol. The van der Waals surface area contributed by atoms with Gasteiger partial charge in [-0.05, 0) is 0 Å². The molecule has 0 N–H and O–H groups in total. The largest absolute Gasteiger partial charge is 0.431 e. The molecule has 0 aliphatic carbocycles. The van der Waals surface area contributed by atoms with Crippen LogP contribution in [0.1, 0.15) is 0 Å². The van der Waals surface area contributed by atoms with E-state index in [2.05, 4.69) is 0 Å². The van der Waals surface area contributed by atoms with Crippen molar-refractivity contribution in [3.05, 3.63) is 0 Å². The van der Waals surface area contributed by atoms with E-state index in [1.165, 1.54) is 0 Å². The highest BCUT2D eigenvalue weighted by molar-refractivity contribution is 8.41. The third-order valence-corrected chi connectivity index (χ3v) is 0. The Morgan fingerprint density at radius 2 is 0.583 bits per heavy atom. The minimum absolute atomic E-state index is 6.17. The predicted octanol–water partition coefficient (Wildman–Crippen LogP) is 5.50. The molecule has 82 valence electrons. The predicted molar refractivity (Wildman–Crippen MR) is 26.3 cm³/mol. The van der Waals surface area contributed by atoms with Crippen LogP contribution >= 0.6 is 22.2 Å². The molecule has 0 heterocycles. The lowest BCUT2D eigenvalue weighted by atomic mass is 18.6. The summed E-state index contributed by atoms with van der Waals surface area (Å²) >= 11 is -6.17. The van der Waals surface area contributed by atoms with Crippen LogP contribution in [0.3, 0.4) is 0 Å². The van der Waals surface area contributed by atoms with Crippen molar-refractivity contribution in [1.29, 1.82) is 0 Å². The molecule has 0 bridgehead atoms. The molecule has 0 rings (SSSR count). The smallest absolute Gasteiger partial charge is 0.0947 e. The molecule has 0 aliphatic heterocycles. The normalized spacial score (nSPS) is 19.8. The number of halogens is 10. The van der Waals surface area contributed by atoms with Crippen LogP contribution in [-0.2, 0) is 0 Å². The molecule has 0 aromatic heterocycles. The standard InChI is InChI=1S/F6S.F4S/c1-7(2,3,4,5)6;1-5(2,3)4. The summed E-state index contributed by atoms with van der Waals surface area (Å²) in [6, 6.07) is 0. The molecular weight excluding hydrogens is 254 g/mol. The lowest BCUT2D eigenvalue weighted by Crippen LogP contribution is -1.92. The second-order valence-corrected chi connectivity index (χ2v) is 3.67. The van der Waals surface area contributed by atoms with Gasteiger partial charge < -0.3 is 0 Å². The van der Waals surface area contributed by atoms with Crippen molar-refractivity contribution >= 4 is 22.2 Å². The topological polar surface area (TPSA) is 0 Å². The Morgan fingerprint density at radius 1 is 0.583 bits per heavy atom. The Hall–Kier alpha value is -0.000000000000000111. The van der Waals surface area contributed by atoms with Gasteiger partial charge in [0, 0.05) is 0 Å². The first kappa shape index (κ1) is 14.5. The molecule has 0 aliphatic rings. The Bertz CT molecular complexity index is 118. The van der Waals surface area contributed by atoms with Gasteiger partial charge in [-0.15, -0.1) is 0 Å². The summed E-state index contributed by atoms with van der Waals surface area (Å²) in [4.78, 5) is 0. The molecule has 0 nitrogen and oxygen atoms in total. The number of hydrogen-bond acceptors (Lipinski definition) is 0. The van der Waals surface area contributed by atoms with E-state index in [0.29, 0.717) is 0 Å². The summed E-state index contributed by atoms with van der Waals surface area (Å²) in [7, 11) is -10.5. The average molecular weight is 254 g/mol. The van der Waals surface area contributed by atoms with Crippen molar-refractivity contribution in [3.63, 3.8) is 0 Å². The summed E-state index contributed by atoms with van der Waals surface area (Å²) < 4.78 is 98.2. The molecular formula is F10S2. The fourth-order valence-electron chi connectivity index (χ4n) is 0. The Balaban J connectivity index is 0. The molecule has 0 aromatic carbocycles. The van der Waals surface area contributed by atoms with Crippen LogP contribution in [0.15, 0.2) is 0 Å². The molecule has 0 aromatic rings. The fraction of sp³-hybridized carbons (Fsp3) is 0. The summed E-state index contributed by atoms with van der Waals surface area (Å²) in [5, 5.41) is 0. The van der Waals surface area contributed by atoms with Crippen molar-refractivity contribution in [2.45, 2.75) is 0 Å². The van der Waals surface area contributed by atoms with Gasteiger partial charge in [-0.25, -0.2) is 0 Å². The zero-order valence-corrected chi connectivity index (χ0v) is 6.23. The highest BCUT2D eigenvalue weighted by Gasteiger charge is 2.64. The van der Waals surface area contributed by atoms with E-state index in [9.17, 15) is 38.9 Å². The molecule has 0 fully saturated rings. The molecule has 0 radical (unpaired) electrons. The fourth-order valence-corrected chi connectivity index (χ4v) is 0. The average Bonchev–Trinajstić information content (AvgIpc) is 1.04. The van der Waals surface area contributed by atoms with Crippen LogP contribution in [0.4, 0.5) is 38.9 Å². The first-order chi connectivity index (χ1) is 4.45. The SMILES string of the molecule is FS(F)(F)(F)(F)F.FS(F)(F)F. The Labute approximate surface area is 62.0 Å². The lowest BCUT2D eigenvalue weighted by Gasteiger charge is -2.28. The minimum Gasteiger partial charge on any atom is -0.0947 e. The van der Waals surface area contributed by atoms with Gasteiger partial charge in [0.25, 0.3) is 0 Å². The number of rotatable bonds is 0. The first-order valence-electron chi connectivity index (χ1n) is 1.54. The van der Waals surface area contributed by atoms with Crippen molar-refractivity contribution < 1.29 is 38.9 Å². The maximum absolute atomic E-state index is 10.5. The van der Waals surface area contributed by atoms with E-state index >= 15 is 0 Å². The van der Waals surface area contributed by atoms with Crippen LogP contribution in [0, 0.1) is 0 Å². The lowest BCUT2D eigenvalue weighted by molar-refractivity contribution is 0.291. The summed E-state index contributed by atoms with van der Waals surface area (Å²) in [5.74, 6) is 0. The van der Waals surface area contributed by atoms with Gasteiger partial charge in [-0.3, -0.25) is 0 Å². The molecule has 0 amide bonds. The van der Waals surface area contributed by atoms with Crippen LogP contribution in [0.5, 0.6) is 0 Å². The second kappa shape index (κ2) is 2.49. The molecule has 0 spiro atoms. The van der Waals surface area contributed by atoms with E-state index in [1.54, 1.807) is 0 Å².